The number of hydrogen-bond acceptors (Lipinski definition) is 10. The van der Waals surface area contributed by atoms with Gasteiger partial charge in [-0.2, -0.15) is 0 Å². The number of methoxy groups -OCH3 is 1. The molecule has 0 radical (unpaired) electrons. The Hall–Kier alpha value is -1.76. The fourth-order valence-electron chi connectivity index (χ4n) is 8.42. The van der Waals surface area contributed by atoms with Crippen molar-refractivity contribution in [3.8, 4) is 0 Å². The van der Waals surface area contributed by atoms with Gasteiger partial charge >= 0.3 is 5.97 Å². The molecular weight excluding hydrogens is 917 g/mol. The molecule has 2 aliphatic heterocycles. The van der Waals surface area contributed by atoms with E-state index in [1.165, 1.54) is 5.56 Å². The van der Waals surface area contributed by atoms with E-state index in [-0.39, 0.29) is 51.7 Å². The van der Waals surface area contributed by atoms with Crippen LogP contribution in [0.15, 0.2) is 60.7 Å². The molecular formula is C56H98O10Si3. The van der Waals surface area contributed by atoms with Gasteiger partial charge in [0.15, 0.2) is 30.7 Å². The molecule has 394 valence electrons. The molecule has 2 fully saturated rings. The van der Waals surface area contributed by atoms with Crippen LogP contribution in [0.3, 0.4) is 0 Å². The first kappa shape index (κ1) is 59.8. The Kier molecular flexibility index (Phi) is 20.5. The van der Waals surface area contributed by atoms with Gasteiger partial charge in [0.25, 0.3) is 0 Å². The van der Waals surface area contributed by atoms with Gasteiger partial charge < -0.3 is 41.7 Å². The molecule has 4 rings (SSSR count). The van der Waals surface area contributed by atoms with Crippen LogP contribution in [-0.4, -0.2) is 99.8 Å². The van der Waals surface area contributed by atoms with E-state index < -0.39 is 66.7 Å². The summed E-state index contributed by atoms with van der Waals surface area (Å²) in [6.07, 6.45) is -0.455. The molecule has 0 saturated carbocycles. The maximum atomic E-state index is 13.7. The molecule has 0 amide bonds. The Bertz CT molecular complexity index is 1870. The van der Waals surface area contributed by atoms with Crippen molar-refractivity contribution in [3.05, 3.63) is 71.8 Å². The fraction of sp³-hybridized carbons (Fsp3) is 0.768. The van der Waals surface area contributed by atoms with Crippen molar-refractivity contribution in [3.63, 3.8) is 0 Å². The highest BCUT2D eigenvalue weighted by Gasteiger charge is 2.62. The minimum Gasteiger partial charge on any atom is -0.462 e. The zero-order valence-electron chi connectivity index (χ0n) is 47.2. The van der Waals surface area contributed by atoms with Crippen molar-refractivity contribution < 1.29 is 46.5 Å². The number of unbranched alkanes of at least 4 members (excludes halogenated alkanes) is 1. The summed E-state index contributed by atoms with van der Waals surface area (Å²) in [5, 5.41) is -0.313. The van der Waals surface area contributed by atoms with E-state index >= 15 is 0 Å². The molecule has 0 aliphatic carbocycles. The molecule has 2 heterocycles. The van der Waals surface area contributed by atoms with Crippen LogP contribution in [0.4, 0.5) is 0 Å². The van der Waals surface area contributed by atoms with Crippen LogP contribution in [0.1, 0.15) is 134 Å². The summed E-state index contributed by atoms with van der Waals surface area (Å²) in [6, 6.07) is 20.6. The van der Waals surface area contributed by atoms with Gasteiger partial charge in [0.1, 0.15) is 24.9 Å². The fourth-order valence-corrected chi connectivity index (χ4v) is 12.4. The number of esters is 1. The third-order valence-corrected chi connectivity index (χ3v) is 29.7. The minimum absolute atomic E-state index is 0.0133. The highest BCUT2D eigenvalue weighted by atomic mass is 28.4. The SMILES string of the molecule is CO[C@]1([C@@H](O[Si](C)(C)C(C)(C)C)[C@@H]2O[C@H](COC(=O)C(C)(C)C)[C@@H](O[Si](C)(C)C(C)(C)C)[C@H](OCc3ccccc3)[C@H]2C)C[C@H](O[Si](C)(C)C(C)(C)C)[C@@H](C)[C@@H](CCCCOCc2ccccc2)O1. The Labute approximate surface area is 423 Å². The van der Waals surface area contributed by atoms with Crippen molar-refractivity contribution in [1.82, 2.24) is 0 Å². The largest absolute Gasteiger partial charge is 0.462 e. The highest BCUT2D eigenvalue weighted by Crippen LogP contribution is 2.50. The normalized spacial score (nSPS) is 27.3. The number of carbonyl (C=O) groups is 1. The van der Waals surface area contributed by atoms with E-state index in [4.69, 9.17) is 41.7 Å². The van der Waals surface area contributed by atoms with Gasteiger partial charge in [0.05, 0.1) is 43.0 Å². The zero-order valence-corrected chi connectivity index (χ0v) is 50.2. The molecule has 13 heteroatoms. The number of ether oxygens (including phenoxy) is 6. The van der Waals surface area contributed by atoms with Crippen LogP contribution in [0.25, 0.3) is 0 Å². The molecule has 0 bridgehead atoms. The van der Waals surface area contributed by atoms with Crippen molar-refractivity contribution in [2.75, 3.05) is 20.3 Å². The van der Waals surface area contributed by atoms with Crippen LogP contribution in [0.5, 0.6) is 0 Å². The van der Waals surface area contributed by atoms with Gasteiger partial charge in [-0.1, -0.05) is 137 Å². The van der Waals surface area contributed by atoms with E-state index in [0.29, 0.717) is 26.2 Å². The van der Waals surface area contributed by atoms with Crippen molar-refractivity contribution in [2.24, 2.45) is 17.3 Å². The summed E-state index contributed by atoms with van der Waals surface area (Å²) in [5.74, 6) is -1.81. The van der Waals surface area contributed by atoms with Gasteiger partial charge in [0.2, 0.25) is 0 Å². The third kappa shape index (κ3) is 15.6. The van der Waals surface area contributed by atoms with Crippen molar-refractivity contribution in [2.45, 2.75) is 239 Å². The zero-order chi connectivity index (χ0) is 52.0. The van der Waals surface area contributed by atoms with Crippen LogP contribution in [0, 0.1) is 17.3 Å². The van der Waals surface area contributed by atoms with Gasteiger partial charge in [0, 0.05) is 32.0 Å². The highest BCUT2D eigenvalue weighted by molar-refractivity contribution is 6.75. The van der Waals surface area contributed by atoms with Crippen LogP contribution in [-0.2, 0) is 59.7 Å². The first-order chi connectivity index (χ1) is 31.7. The molecule has 2 saturated heterocycles. The van der Waals surface area contributed by atoms with E-state index in [1.54, 1.807) is 7.11 Å². The standard InChI is InChI=1S/C56H98O10Si3/c1-40-44(34-28-29-35-59-37-42-30-24-22-25-31-42)63-56(58-15,36-45(40)64-67(16,17)53(6,7)8)50(66-69(20,21)55(12,13)14)48-41(2)47(60-38-43-32-26-23-27-33-43)49(65-68(18,19)54(9,10)11)46(62-48)39-61-51(57)52(3,4)5/h22-27,30-33,40-41,44-50H,28-29,34-39H2,1-21H3/t40-,41+,44+,45-,46+,47+,48+,49+,50-,56+/m0/s1. The molecule has 69 heavy (non-hydrogen) atoms. The monoisotopic (exact) mass is 1010 g/mol. The predicted octanol–water partition coefficient (Wildman–Crippen LogP) is 13.9. The van der Waals surface area contributed by atoms with Gasteiger partial charge in [-0.3, -0.25) is 4.79 Å². The molecule has 0 aromatic heterocycles. The average molecular weight is 1020 g/mol. The first-order valence-electron chi connectivity index (χ1n) is 26.0. The molecule has 2 aromatic carbocycles. The summed E-state index contributed by atoms with van der Waals surface area (Å²) in [5.41, 5.74) is 1.51. The summed E-state index contributed by atoms with van der Waals surface area (Å²) in [6.45, 7) is 45.9. The van der Waals surface area contributed by atoms with Crippen LogP contribution in [0.2, 0.25) is 54.4 Å². The molecule has 10 atom stereocenters. The van der Waals surface area contributed by atoms with Gasteiger partial charge in [-0.25, -0.2) is 0 Å². The van der Waals surface area contributed by atoms with Crippen molar-refractivity contribution >= 4 is 30.9 Å². The lowest BCUT2D eigenvalue weighted by Gasteiger charge is -2.58. The maximum Gasteiger partial charge on any atom is 0.311 e. The summed E-state index contributed by atoms with van der Waals surface area (Å²) < 4.78 is 64.4. The molecule has 0 unspecified atom stereocenters. The molecule has 2 aliphatic rings. The quantitative estimate of drug-likeness (QED) is 0.0683. The van der Waals surface area contributed by atoms with Crippen LogP contribution >= 0.6 is 0 Å². The van der Waals surface area contributed by atoms with Crippen LogP contribution < -0.4 is 0 Å². The van der Waals surface area contributed by atoms with Gasteiger partial charge in [-0.15, -0.1) is 0 Å². The van der Waals surface area contributed by atoms with E-state index in [2.05, 4.69) is 140 Å². The average Bonchev–Trinajstić information content (AvgIpc) is 3.23. The Morgan fingerprint density at radius 3 is 1.71 bits per heavy atom. The smallest absolute Gasteiger partial charge is 0.311 e. The number of rotatable bonds is 21. The first-order valence-corrected chi connectivity index (χ1v) is 34.7. The molecule has 10 nitrogen and oxygen atoms in total. The second kappa shape index (κ2) is 23.6. The number of benzene rings is 2. The molecule has 0 spiro atoms. The van der Waals surface area contributed by atoms with E-state index in [9.17, 15) is 4.79 Å². The molecule has 0 N–H and O–H groups in total. The van der Waals surface area contributed by atoms with E-state index in [1.807, 2.05) is 57.2 Å². The lowest BCUT2D eigenvalue weighted by atomic mass is 9.79. The molecule has 2 aromatic rings. The Balaban J connectivity index is 1.89. The lowest BCUT2D eigenvalue weighted by Crippen LogP contribution is -2.70. The maximum absolute atomic E-state index is 13.7. The summed E-state index contributed by atoms with van der Waals surface area (Å²) in [7, 11) is -5.65. The number of hydrogen-bond donors (Lipinski definition) is 0. The lowest BCUT2D eigenvalue weighted by molar-refractivity contribution is -0.356. The third-order valence-electron chi connectivity index (χ3n) is 16.3. The van der Waals surface area contributed by atoms with Gasteiger partial charge in [-0.05, 0) is 106 Å². The summed E-state index contributed by atoms with van der Waals surface area (Å²) >= 11 is 0. The summed E-state index contributed by atoms with van der Waals surface area (Å²) in [4.78, 5) is 13.7. The second-order valence-electron chi connectivity index (χ2n) is 25.9. The Morgan fingerprint density at radius 2 is 1.20 bits per heavy atom. The van der Waals surface area contributed by atoms with E-state index in [0.717, 1.165) is 24.8 Å². The topological polar surface area (TPSA) is 100 Å². The minimum atomic E-state index is -2.63. The number of carbonyl (C=O) groups excluding carboxylic acids is 1. The predicted molar refractivity (Wildman–Crippen MR) is 288 cm³/mol. The van der Waals surface area contributed by atoms with Crippen molar-refractivity contribution in [1.29, 1.82) is 0 Å². The second-order valence-corrected chi connectivity index (χ2v) is 40.2. The Morgan fingerprint density at radius 1 is 0.681 bits per heavy atom.